The van der Waals surface area contributed by atoms with Crippen molar-refractivity contribution in [1.29, 1.82) is 0 Å². The molecule has 0 amide bonds. The van der Waals surface area contributed by atoms with Crippen LogP contribution in [-0.4, -0.2) is 64.4 Å². The number of piperidine rings is 2. The number of rotatable bonds is 7. The summed E-state index contributed by atoms with van der Waals surface area (Å²) < 4.78 is 33.8. The number of H-pyrrole nitrogens is 1. The van der Waals surface area contributed by atoms with Crippen molar-refractivity contribution in [3.05, 3.63) is 23.0 Å². The molecule has 2 aromatic heterocycles. The van der Waals surface area contributed by atoms with Crippen LogP contribution in [0.5, 0.6) is 0 Å². The molecule has 3 aliphatic rings. The number of aromatic amines is 1. The van der Waals surface area contributed by atoms with Crippen molar-refractivity contribution in [3.8, 4) is 0 Å². The van der Waals surface area contributed by atoms with Crippen molar-refractivity contribution in [1.82, 2.24) is 24.5 Å². The van der Waals surface area contributed by atoms with E-state index in [4.69, 9.17) is 14.7 Å². The van der Waals surface area contributed by atoms with Crippen LogP contribution < -0.4 is 10.6 Å². The van der Waals surface area contributed by atoms with E-state index < -0.39 is 10.0 Å². The molecule has 3 fully saturated rings. The van der Waals surface area contributed by atoms with Crippen LogP contribution in [0, 0.1) is 6.92 Å². The Labute approximate surface area is 201 Å². The Morgan fingerprint density at radius 1 is 1.18 bits per heavy atom. The van der Waals surface area contributed by atoms with E-state index in [1.54, 1.807) is 6.92 Å². The van der Waals surface area contributed by atoms with Crippen LogP contribution in [0.2, 0.25) is 0 Å². The lowest BCUT2D eigenvalue weighted by Crippen LogP contribution is -2.54. The summed E-state index contributed by atoms with van der Waals surface area (Å²) >= 11 is 0. The normalized spacial score (nSPS) is 27.6. The highest BCUT2D eigenvalue weighted by molar-refractivity contribution is 7.89. The number of anilines is 3. The molecule has 3 aliphatic heterocycles. The minimum Gasteiger partial charge on any atom is -0.372 e. The number of nitrogens with zero attached hydrogens (tertiary/aromatic N) is 4. The zero-order chi connectivity index (χ0) is 23.9. The lowest BCUT2D eigenvalue weighted by atomic mass is 9.76. The van der Waals surface area contributed by atoms with Gasteiger partial charge in [0.2, 0.25) is 16.0 Å². The number of sulfonamides is 1. The van der Waals surface area contributed by atoms with Crippen LogP contribution in [-0.2, 0) is 14.8 Å². The third-order valence-corrected chi connectivity index (χ3v) is 9.36. The van der Waals surface area contributed by atoms with Crippen molar-refractivity contribution in [2.75, 3.05) is 30.0 Å². The van der Waals surface area contributed by atoms with E-state index in [1.807, 2.05) is 24.3 Å². The minimum atomic E-state index is -3.24. The minimum absolute atomic E-state index is 0.0178. The lowest BCUT2D eigenvalue weighted by Gasteiger charge is -2.48. The third-order valence-electron chi connectivity index (χ3n) is 7.39. The van der Waals surface area contributed by atoms with E-state index in [1.165, 1.54) is 0 Å². The summed E-state index contributed by atoms with van der Waals surface area (Å²) in [5, 5.41) is 13.9. The van der Waals surface area contributed by atoms with Crippen LogP contribution >= 0.6 is 0 Å². The second-order valence-electron chi connectivity index (χ2n) is 9.64. The summed E-state index contributed by atoms with van der Waals surface area (Å²) in [4.78, 5) is 9.69. The van der Waals surface area contributed by atoms with Crippen molar-refractivity contribution in [3.63, 3.8) is 0 Å². The summed E-state index contributed by atoms with van der Waals surface area (Å²) in [7, 11) is -1.43. The standard InChI is InChI=1S/C23H35N7O3S/c1-4-34(31,32)30-16-7-5-8-17(30)13-15(12-16)20-21(18-9-6-10-33-18)26-23(24-3)27-22(20)25-19-11-14(2)28-29-19/h11,15-18H,4-10,12-13H2,1-3H3,(H3,24,25,26,27,28,29)/t15?,16-,17+,18-/m0/s1. The molecule has 2 bridgehead atoms. The summed E-state index contributed by atoms with van der Waals surface area (Å²) in [6.45, 7) is 4.43. The number of aromatic nitrogens is 4. The molecule has 0 aliphatic carbocycles. The number of hydrogen-bond donors (Lipinski definition) is 3. The average molecular weight is 490 g/mol. The molecule has 0 saturated carbocycles. The van der Waals surface area contributed by atoms with Gasteiger partial charge >= 0.3 is 0 Å². The summed E-state index contributed by atoms with van der Waals surface area (Å²) in [6, 6.07) is 1.98. The van der Waals surface area contributed by atoms with E-state index in [-0.39, 0.29) is 29.9 Å². The maximum Gasteiger partial charge on any atom is 0.224 e. The van der Waals surface area contributed by atoms with Gasteiger partial charge in [-0.15, -0.1) is 0 Å². The summed E-state index contributed by atoms with van der Waals surface area (Å²) in [6.07, 6.45) is 6.26. The van der Waals surface area contributed by atoms with Crippen LogP contribution in [0.25, 0.3) is 0 Å². The fourth-order valence-electron chi connectivity index (χ4n) is 5.92. The largest absolute Gasteiger partial charge is 0.372 e. The van der Waals surface area contributed by atoms with Crippen molar-refractivity contribution in [2.24, 2.45) is 0 Å². The van der Waals surface area contributed by atoms with Gasteiger partial charge in [-0.1, -0.05) is 6.42 Å². The SMILES string of the molecule is CCS(=O)(=O)N1[C@@H]2CCC[C@H]1CC(c1c(Nc3cc(C)[nH]n3)nc(NC)nc1[C@@H]1CCCO1)C2. The number of hydrogen-bond acceptors (Lipinski definition) is 8. The van der Waals surface area contributed by atoms with Gasteiger partial charge in [0.1, 0.15) is 11.9 Å². The molecule has 3 N–H and O–H groups in total. The van der Waals surface area contributed by atoms with E-state index >= 15 is 0 Å². The van der Waals surface area contributed by atoms with Gasteiger partial charge in [0.25, 0.3) is 0 Å². The Bertz CT molecular complexity index is 1120. The average Bonchev–Trinajstić information content (AvgIpc) is 3.49. The number of aryl methyl sites for hydroxylation is 1. The molecule has 34 heavy (non-hydrogen) atoms. The molecular formula is C23H35N7O3S. The predicted molar refractivity (Wildman–Crippen MR) is 131 cm³/mol. The van der Waals surface area contributed by atoms with E-state index in [2.05, 4.69) is 20.8 Å². The monoisotopic (exact) mass is 489 g/mol. The first-order chi connectivity index (χ1) is 16.4. The Kier molecular flexibility index (Phi) is 6.51. The second-order valence-corrected chi connectivity index (χ2v) is 11.8. The molecule has 3 saturated heterocycles. The first-order valence-electron chi connectivity index (χ1n) is 12.4. The van der Waals surface area contributed by atoms with E-state index in [0.29, 0.717) is 11.8 Å². The first kappa shape index (κ1) is 23.5. The van der Waals surface area contributed by atoms with Gasteiger partial charge in [-0.05, 0) is 58.3 Å². The van der Waals surface area contributed by atoms with Gasteiger partial charge in [-0.3, -0.25) is 5.10 Å². The first-order valence-corrected chi connectivity index (χ1v) is 14.0. The predicted octanol–water partition coefficient (Wildman–Crippen LogP) is 3.60. The third kappa shape index (κ3) is 4.40. The van der Waals surface area contributed by atoms with Crippen LogP contribution in [0.1, 0.15) is 80.8 Å². The number of fused-ring (bicyclic) bond motifs is 2. The van der Waals surface area contributed by atoms with E-state index in [9.17, 15) is 8.42 Å². The molecule has 186 valence electrons. The van der Waals surface area contributed by atoms with Gasteiger partial charge in [0.05, 0.1) is 11.4 Å². The van der Waals surface area contributed by atoms with Crippen molar-refractivity contribution >= 4 is 27.6 Å². The Hall–Kier alpha value is -2.24. The fourth-order valence-corrected chi connectivity index (χ4v) is 7.51. The molecule has 5 rings (SSSR count). The van der Waals surface area contributed by atoms with Crippen LogP contribution in [0.4, 0.5) is 17.6 Å². The summed E-state index contributed by atoms with van der Waals surface area (Å²) in [5.41, 5.74) is 2.93. The smallest absolute Gasteiger partial charge is 0.224 e. The van der Waals surface area contributed by atoms with Gasteiger partial charge in [-0.2, -0.15) is 14.4 Å². The Morgan fingerprint density at radius 3 is 2.53 bits per heavy atom. The summed E-state index contributed by atoms with van der Waals surface area (Å²) in [5.74, 6) is 2.26. The quantitative estimate of drug-likeness (QED) is 0.539. The van der Waals surface area contributed by atoms with Crippen LogP contribution in [0.3, 0.4) is 0 Å². The highest BCUT2D eigenvalue weighted by Crippen LogP contribution is 2.47. The molecule has 1 unspecified atom stereocenters. The molecule has 4 atom stereocenters. The van der Waals surface area contributed by atoms with Crippen molar-refractivity contribution in [2.45, 2.75) is 82.9 Å². The molecule has 11 heteroatoms. The molecule has 0 aromatic carbocycles. The highest BCUT2D eigenvalue weighted by atomic mass is 32.2. The molecule has 0 spiro atoms. The molecule has 0 radical (unpaired) electrons. The van der Waals surface area contributed by atoms with Gasteiger partial charge in [0.15, 0.2) is 5.82 Å². The second kappa shape index (κ2) is 9.43. The zero-order valence-corrected chi connectivity index (χ0v) is 21.0. The maximum atomic E-state index is 12.9. The molecular weight excluding hydrogens is 454 g/mol. The molecule has 5 heterocycles. The molecule has 2 aromatic rings. The zero-order valence-electron chi connectivity index (χ0n) is 20.2. The van der Waals surface area contributed by atoms with E-state index in [0.717, 1.165) is 74.3 Å². The van der Waals surface area contributed by atoms with Crippen molar-refractivity contribution < 1.29 is 13.2 Å². The number of ether oxygens (including phenoxy) is 1. The highest BCUT2D eigenvalue weighted by Gasteiger charge is 2.45. The fraction of sp³-hybridized carbons (Fsp3) is 0.696. The van der Waals surface area contributed by atoms with Gasteiger partial charge in [0, 0.05) is 43.1 Å². The topological polar surface area (TPSA) is 125 Å². The molecule has 10 nitrogen and oxygen atoms in total. The lowest BCUT2D eigenvalue weighted by molar-refractivity contribution is 0.0982. The van der Waals surface area contributed by atoms with Gasteiger partial charge in [-0.25, -0.2) is 13.4 Å². The maximum absolute atomic E-state index is 12.9. The Balaban J connectivity index is 1.58. The number of nitrogens with one attached hydrogen (secondary N) is 3. The Morgan fingerprint density at radius 2 is 1.94 bits per heavy atom. The van der Waals surface area contributed by atoms with Crippen LogP contribution in [0.15, 0.2) is 6.07 Å². The van der Waals surface area contributed by atoms with Gasteiger partial charge < -0.3 is 15.4 Å².